The first-order chi connectivity index (χ1) is 9.54. The molecule has 0 saturated carbocycles. The molecule has 20 heavy (non-hydrogen) atoms. The molecule has 0 spiro atoms. The molecule has 1 aromatic rings. The fourth-order valence-electron chi connectivity index (χ4n) is 1.69. The molecule has 1 rings (SSSR count). The summed E-state index contributed by atoms with van der Waals surface area (Å²) in [5, 5.41) is 3.49. The van der Waals surface area contributed by atoms with Gasteiger partial charge in [0.2, 0.25) is 0 Å². The number of rotatable bonds is 5. The van der Waals surface area contributed by atoms with E-state index in [2.05, 4.69) is 23.1 Å². The van der Waals surface area contributed by atoms with Gasteiger partial charge in [0.15, 0.2) is 5.11 Å². The third-order valence-corrected chi connectivity index (χ3v) is 3.37. The fourth-order valence-corrected chi connectivity index (χ4v) is 1.84. The summed E-state index contributed by atoms with van der Waals surface area (Å²) in [5.74, 6) is -0.189. The third-order valence-electron chi connectivity index (χ3n) is 3.12. The number of carbonyl (C=O) groups is 1. The minimum atomic E-state index is -0.189. The first kappa shape index (κ1) is 16.4. The van der Waals surface area contributed by atoms with Crippen molar-refractivity contribution in [3.8, 4) is 0 Å². The number of hydrogen-bond acceptors (Lipinski definition) is 2. The number of nitrogens with one attached hydrogen (secondary N) is 3. The van der Waals surface area contributed by atoms with Gasteiger partial charge in [-0.25, -0.2) is 0 Å². The van der Waals surface area contributed by atoms with E-state index in [9.17, 15) is 4.79 Å². The van der Waals surface area contributed by atoms with E-state index >= 15 is 0 Å². The predicted octanol–water partition coefficient (Wildman–Crippen LogP) is 2.60. The Labute approximate surface area is 126 Å². The van der Waals surface area contributed by atoms with Crippen LogP contribution in [0.15, 0.2) is 18.2 Å². The van der Waals surface area contributed by atoms with E-state index < -0.39 is 0 Å². The van der Waals surface area contributed by atoms with E-state index in [0.29, 0.717) is 10.7 Å². The van der Waals surface area contributed by atoms with Gasteiger partial charge in [-0.2, -0.15) is 0 Å². The van der Waals surface area contributed by atoms with Crippen LogP contribution in [0, 0.1) is 13.8 Å². The molecule has 3 N–H and O–H groups in total. The molecule has 0 aromatic heterocycles. The van der Waals surface area contributed by atoms with Gasteiger partial charge in [-0.3, -0.25) is 15.6 Å². The number of hydrazine groups is 1. The van der Waals surface area contributed by atoms with Gasteiger partial charge in [-0.15, -0.1) is 0 Å². The van der Waals surface area contributed by atoms with Crippen molar-refractivity contribution in [3.63, 3.8) is 0 Å². The second-order valence-corrected chi connectivity index (χ2v) is 5.25. The summed E-state index contributed by atoms with van der Waals surface area (Å²) in [6.45, 7) is 6.98. The molecule has 1 amide bonds. The van der Waals surface area contributed by atoms with Crippen molar-refractivity contribution >= 4 is 23.2 Å². The van der Waals surface area contributed by atoms with E-state index in [4.69, 9.17) is 12.2 Å². The van der Waals surface area contributed by atoms with Gasteiger partial charge in [-0.05, 0) is 55.7 Å². The summed E-state index contributed by atoms with van der Waals surface area (Å²) < 4.78 is 0. The molecule has 110 valence electrons. The summed E-state index contributed by atoms with van der Waals surface area (Å²) >= 11 is 5.08. The van der Waals surface area contributed by atoms with Gasteiger partial charge in [0.1, 0.15) is 0 Å². The largest absolute Gasteiger partial charge is 0.361 e. The number of aryl methyl sites for hydroxylation is 2. The summed E-state index contributed by atoms with van der Waals surface area (Å²) in [6, 6.07) is 5.60. The van der Waals surface area contributed by atoms with E-state index in [1.165, 1.54) is 18.4 Å². The quantitative estimate of drug-likeness (QED) is 0.444. The molecular formula is C15H23N3OS. The topological polar surface area (TPSA) is 53.2 Å². The smallest absolute Gasteiger partial charge is 0.269 e. The lowest BCUT2D eigenvalue weighted by Crippen LogP contribution is -2.47. The Kier molecular flexibility index (Phi) is 7.01. The van der Waals surface area contributed by atoms with Gasteiger partial charge in [0.05, 0.1) is 0 Å². The highest BCUT2D eigenvalue weighted by Crippen LogP contribution is 2.09. The highest BCUT2D eigenvalue weighted by molar-refractivity contribution is 7.80. The van der Waals surface area contributed by atoms with Crippen LogP contribution in [0.5, 0.6) is 0 Å². The Hall–Kier alpha value is -1.62. The average Bonchev–Trinajstić information content (AvgIpc) is 2.44. The lowest BCUT2D eigenvalue weighted by molar-refractivity contribution is 0.0943. The van der Waals surface area contributed by atoms with Gasteiger partial charge in [-0.1, -0.05) is 25.8 Å². The molecule has 0 aliphatic heterocycles. The third kappa shape index (κ3) is 5.57. The summed E-state index contributed by atoms with van der Waals surface area (Å²) in [6.07, 6.45) is 3.42. The van der Waals surface area contributed by atoms with Crippen molar-refractivity contribution in [1.82, 2.24) is 16.2 Å². The van der Waals surface area contributed by atoms with Gasteiger partial charge in [0.25, 0.3) is 5.91 Å². The van der Waals surface area contributed by atoms with Crippen LogP contribution < -0.4 is 16.2 Å². The van der Waals surface area contributed by atoms with Gasteiger partial charge in [0, 0.05) is 12.1 Å². The molecule has 0 saturated heterocycles. The van der Waals surface area contributed by atoms with Crippen molar-refractivity contribution in [2.75, 3.05) is 6.54 Å². The van der Waals surface area contributed by atoms with E-state index in [1.54, 1.807) is 6.07 Å². The Morgan fingerprint density at radius 1 is 1.15 bits per heavy atom. The minimum Gasteiger partial charge on any atom is -0.361 e. The molecular weight excluding hydrogens is 270 g/mol. The number of benzene rings is 1. The number of unbranched alkanes of at least 4 members (excludes halogenated alkanes) is 2. The zero-order chi connectivity index (χ0) is 15.0. The van der Waals surface area contributed by atoms with Crippen molar-refractivity contribution in [2.45, 2.75) is 40.0 Å². The lowest BCUT2D eigenvalue weighted by atomic mass is 10.1. The van der Waals surface area contributed by atoms with Crippen molar-refractivity contribution in [1.29, 1.82) is 0 Å². The fraction of sp³-hybridized carbons (Fsp3) is 0.467. The second-order valence-electron chi connectivity index (χ2n) is 4.84. The van der Waals surface area contributed by atoms with Crippen LogP contribution in [-0.4, -0.2) is 17.6 Å². The maximum absolute atomic E-state index is 11.9. The number of amides is 1. The highest BCUT2D eigenvalue weighted by Gasteiger charge is 2.06. The molecule has 0 aliphatic carbocycles. The van der Waals surface area contributed by atoms with Crippen LogP contribution in [0.2, 0.25) is 0 Å². The highest BCUT2D eigenvalue weighted by atomic mass is 32.1. The van der Waals surface area contributed by atoms with Crippen molar-refractivity contribution < 1.29 is 4.79 Å². The van der Waals surface area contributed by atoms with Crippen LogP contribution in [0.4, 0.5) is 0 Å². The molecule has 4 nitrogen and oxygen atoms in total. The molecule has 0 unspecified atom stereocenters. The average molecular weight is 293 g/mol. The molecule has 0 heterocycles. The SMILES string of the molecule is CCCCCNC(=S)NNC(=O)c1ccc(C)c(C)c1. The second kappa shape index (κ2) is 8.53. The first-order valence-corrected chi connectivity index (χ1v) is 7.37. The van der Waals surface area contributed by atoms with E-state index in [1.807, 2.05) is 26.0 Å². The standard InChI is InChI=1S/C15H23N3OS/c1-4-5-6-9-16-15(20)18-17-14(19)13-8-7-11(2)12(3)10-13/h7-8,10H,4-6,9H2,1-3H3,(H,17,19)(H2,16,18,20). The lowest BCUT2D eigenvalue weighted by Gasteiger charge is -2.12. The monoisotopic (exact) mass is 293 g/mol. The molecule has 5 heteroatoms. The van der Waals surface area contributed by atoms with Crippen LogP contribution in [-0.2, 0) is 0 Å². The van der Waals surface area contributed by atoms with E-state index in [-0.39, 0.29) is 5.91 Å². The molecule has 0 atom stereocenters. The Bertz CT molecular complexity index is 474. The maximum Gasteiger partial charge on any atom is 0.269 e. The van der Waals surface area contributed by atoms with Crippen molar-refractivity contribution in [3.05, 3.63) is 34.9 Å². The first-order valence-electron chi connectivity index (χ1n) is 6.96. The van der Waals surface area contributed by atoms with Crippen molar-refractivity contribution in [2.24, 2.45) is 0 Å². The maximum atomic E-state index is 11.9. The predicted molar refractivity (Wildman–Crippen MR) is 86.6 cm³/mol. The Balaban J connectivity index is 2.35. The van der Waals surface area contributed by atoms with Crippen LogP contribution in [0.1, 0.15) is 47.7 Å². The van der Waals surface area contributed by atoms with E-state index in [0.717, 1.165) is 18.5 Å². The van der Waals surface area contributed by atoms with Crippen LogP contribution in [0.3, 0.4) is 0 Å². The van der Waals surface area contributed by atoms with Gasteiger partial charge >= 0.3 is 0 Å². The molecule has 1 aromatic carbocycles. The molecule has 0 aliphatic rings. The van der Waals surface area contributed by atoms with Crippen LogP contribution >= 0.6 is 12.2 Å². The molecule has 0 bridgehead atoms. The zero-order valence-corrected chi connectivity index (χ0v) is 13.2. The van der Waals surface area contributed by atoms with Crippen LogP contribution in [0.25, 0.3) is 0 Å². The summed E-state index contributed by atoms with van der Waals surface area (Å²) in [5.41, 5.74) is 8.19. The Morgan fingerprint density at radius 3 is 2.55 bits per heavy atom. The zero-order valence-electron chi connectivity index (χ0n) is 12.4. The summed E-state index contributed by atoms with van der Waals surface area (Å²) in [4.78, 5) is 11.9. The summed E-state index contributed by atoms with van der Waals surface area (Å²) in [7, 11) is 0. The van der Waals surface area contributed by atoms with Gasteiger partial charge < -0.3 is 5.32 Å². The number of hydrogen-bond donors (Lipinski definition) is 3. The number of carbonyl (C=O) groups excluding carboxylic acids is 1. The number of thiocarbonyl (C=S) groups is 1. The molecule has 0 fully saturated rings. The Morgan fingerprint density at radius 2 is 1.90 bits per heavy atom. The minimum absolute atomic E-state index is 0.189. The normalized spacial score (nSPS) is 9.95. The molecule has 0 radical (unpaired) electrons.